The van der Waals surface area contributed by atoms with Gasteiger partial charge < -0.3 is 30.0 Å². The minimum atomic E-state index is 0.260. The summed E-state index contributed by atoms with van der Waals surface area (Å²) in [5.41, 5.74) is 7.78. The van der Waals surface area contributed by atoms with Crippen molar-refractivity contribution in [3.05, 3.63) is 42.0 Å². The van der Waals surface area contributed by atoms with Crippen LogP contribution in [0.1, 0.15) is 12.0 Å². The van der Waals surface area contributed by atoms with E-state index in [-0.39, 0.29) is 6.79 Å². The van der Waals surface area contributed by atoms with Crippen LogP contribution in [0.25, 0.3) is 0 Å². The average Bonchev–Trinajstić information content (AvgIpc) is 2.96. The molecule has 0 saturated heterocycles. The van der Waals surface area contributed by atoms with E-state index in [4.69, 9.17) is 24.7 Å². The van der Waals surface area contributed by atoms with Gasteiger partial charge in [0, 0.05) is 18.2 Å². The zero-order chi connectivity index (χ0) is 17.1. The van der Waals surface area contributed by atoms with E-state index < -0.39 is 0 Å². The zero-order valence-corrected chi connectivity index (χ0v) is 13.7. The van der Waals surface area contributed by atoms with Gasteiger partial charge in [-0.1, -0.05) is 6.07 Å². The second-order valence-corrected chi connectivity index (χ2v) is 5.73. The summed E-state index contributed by atoms with van der Waals surface area (Å²) in [6.07, 6.45) is 0.872. The molecule has 0 bridgehead atoms. The Labute approximate surface area is 145 Å². The monoisotopic (exact) mass is 341 g/mol. The maximum Gasteiger partial charge on any atom is 0.231 e. The van der Waals surface area contributed by atoms with Crippen molar-refractivity contribution in [2.75, 3.05) is 25.3 Å². The second kappa shape index (κ2) is 6.80. The number of nitrogens with two attached hydrogens (primary N) is 1. The largest absolute Gasteiger partial charge is 0.490 e. The molecule has 0 spiro atoms. The highest BCUT2D eigenvalue weighted by molar-refractivity contribution is 5.92. The molecule has 0 aliphatic carbocycles. The zero-order valence-electron chi connectivity index (χ0n) is 13.7. The Balaban J connectivity index is 1.42. The molecule has 0 saturated carbocycles. The lowest BCUT2D eigenvalue weighted by Crippen LogP contribution is -2.22. The number of anilines is 1. The Morgan fingerprint density at radius 2 is 1.64 bits per heavy atom. The predicted octanol–water partition coefficient (Wildman–Crippen LogP) is 2.50. The molecule has 7 heteroatoms. The molecule has 130 valence electrons. The van der Waals surface area contributed by atoms with E-state index in [0.29, 0.717) is 31.5 Å². The van der Waals surface area contributed by atoms with Crippen LogP contribution in [0.4, 0.5) is 5.69 Å². The van der Waals surface area contributed by atoms with E-state index in [1.165, 1.54) is 0 Å². The number of hydrogen-bond donors (Lipinski definition) is 2. The van der Waals surface area contributed by atoms with Crippen LogP contribution in [-0.2, 0) is 6.54 Å². The highest BCUT2D eigenvalue weighted by Crippen LogP contribution is 2.33. The van der Waals surface area contributed by atoms with Gasteiger partial charge in [-0.25, -0.2) is 4.99 Å². The number of aliphatic imine (C=N–C) groups is 1. The summed E-state index contributed by atoms with van der Waals surface area (Å²) in [4.78, 5) is 4.36. The van der Waals surface area contributed by atoms with Crippen molar-refractivity contribution in [1.82, 2.24) is 0 Å². The predicted molar refractivity (Wildman–Crippen MR) is 93.6 cm³/mol. The molecule has 2 aromatic carbocycles. The summed E-state index contributed by atoms with van der Waals surface area (Å²) in [5, 5.41) is 3.07. The van der Waals surface area contributed by atoms with Crippen molar-refractivity contribution < 1.29 is 18.9 Å². The summed E-state index contributed by atoms with van der Waals surface area (Å²) in [6.45, 7) is 2.01. The van der Waals surface area contributed by atoms with Crippen LogP contribution in [0.3, 0.4) is 0 Å². The van der Waals surface area contributed by atoms with Gasteiger partial charge in [-0.3, -0.25) is 0 Å². The molecule has 4 rings (SSSR count). The Kier molecular flexibility index (Phi) is 4.20. The van der Waals surface area contributed by atoms with Crippen LogP contribution in [0.2, 0.25) is 0 Å². The Morgan fingerprint density at radius 3 is 2.56 bits per heavy atom. The van der Waals surface area contributed by atoms with Crippen molar-refractivity contribution >= 4 is 11.6 Å². The van der Waals surface area contributed by atoms with E-state index in [0.717, 1.165) is 34.9 Å². The molecule has 25 heavy (non-hydrogen) atoms. The van der Waals surface area contributed by atoms with Crippen molar-refractivity contribution in [3.63, 3.8) is 0 Å². The molecular weight excluding hydrogens is 322 g/mol. The maximum atomic E-state index is 5.98. The van der Waals surface area contributed by atoms with E-state index in [2.05, 4.69) is 10.3 Å². The molecule has 3 N–H and O–H groups in total. The number of benzene rings is 2. The molecule has 2 heterocycles. The van der Waals surface area contributed by atoms with Gasteiger partial charge in [-0.2, -0.15) is 0 Å². The number of hydrogen-bond acceptors (Lipinski definition) is 5. The Hall–Kier alpha value is -3.09. The van der Waals surface area contributed by atoms with Crippen LogP contribution in [0.15, 0.2) is 41.4 Å². The van der Waals surface area contributed by atoms with Gasteiger partial charge in [0.25, 0.3) is 0 Å². The Morgan fingerprint density at radius 1 is 0.920 bits per heavy atom. The summed E-state index contributed by atoms with van der Waals surface area (Å²) < 4.78 is 21.9. The number of fused-ring (bicyclic) bond motifs is 2. The molecule has 0 fully saturated rings. The molecule has 0 amide bonds. The van der Waals surface area contributed by atoms with Crippen LogP contribution >= 0.6 is 0 Å². The second-order valence-electron chi connectivity index (χ2n) is 5.73. The molecule has 2 aliphatic heterocycles. The fourth-order valence-electron chi connectivity index (χ4n) is 2.64. The fraction of sp³-hybridized carbons (Fsp3) is 0.278. The molecule has 0 unspecified atom stereocenters. The lowest BCUT2D eigenvalue weighted by molar-refractivity contribution is 0.174. The third-order valence-electron chi connectivity index (χ3n) is 3.89. The van der Waals surface area contributed by atoms with Gasteiger partial charge in [0.15, 0.2) is 29.0 Å². The first-order valence-corrected chi connectivity index (χ1v) is 8.13. The number of ether oxygens (including phenoxy) is 4. The molecule has 0 aromatic heterocycles. The number of nitrogens with one attached hydrogen (secondary N) is 1. The SMILES string of the molecule is NC(=NCc1ccc2c(c1)OCO2)Nc1ccc2c(c1)OCCCO2. The van der Waals surface area contributed by atoms with Crippen LogP contribution < -0.4 is 30.0 Å². The Bertz CT molecular complexity index is 807. The van der Waals surface area contributed by atoms with Gasteiger partial charge in [0.1, 0.15) is 0 Å². The summed E-state index contributed by atoms with van der Waals surface area (Å²) >= 11 is 0. The molecular formula is C18H19N3O4. The van der Waals surface area contributed by atoms with Gasteiger partial charge in [0.05, 0.1) is 19.8 Å². The highest BCUT2D eigenvalue weighted by atomic mass is 16.7. The lowest BCUT2D eigenvalue weighted by Gasteiger charge is -2.10. The average molecular weight is 341 g/mol. The van der Waals surface area contributed by atoms with Gasteiger partial charge in [-0.15, -0.1) is 0 Å². The van der Waals surface area contributed by atoms with Crippen LogP contribution in [0, 0.1) is 0 Å². The van der Waals surface area contributed by atoms with E-state index >= 15 is 0 Å². The number of nitrogens with zero attached hydrogens (tertiary/aromatic N) is 1. The summed E-state index contributed by atoms with van der Waals surface area (Å²) in [6, 6.07) is 11.3. The summed E-state index contributed by atoms with van der Waals surface area (Å²) in [7, 11) is 0. The third-order valence-corrected chi connectivity index (χ3v) is 3.89. The van der Waals surface area contributed by atoms with Gasteiger partial charge in [0.2, 0.25) is 6.79 Å². The first kappa shape index (κ1) is 15.4. The molecule has 7 nitrogen and oxygen atoms in total. The quantitative estimate of drug-likeness (QED) is 0.659. The first-order chi connectivity index (χ1) is 12.3. The normalized spacial score (nSPS) is 15.6. The fourth-order valence-corrected chi connectivity index (χ4v) is 2.64. The topological polar surface area (TPSA) is 87.3 Å². The van der Waals surface area contributed by atoms with Crippen LogP contribution in [0.5, 0.6) is 23.0 Å². The van der Waals surface area contributed by atoms with E-state index in [1.807, 2.05) is 36.4 Å². The van der Waals surface area contributed by atoms with Gasteiger partial charge in [-0.05, 0) is 29.8 Å². The smallest absolute Gasteiger partial charge is 0.231 e. The van der Waals surface area contributed by atoms with E-state index in [9.17, 15) is 0 Å². The third kappa shape index (κ3) is 3.55. The lowest BCUT2D eigenvalue weighted by atomic mass is 10.2. The molecule has 0 atom stereocenters. The van der Waals surface area contributed by atoms with Crippen molar-refractivity contribution in [3.8, 4) is 23.0 Å². The maximum absolute atomic E-state index is 5.98. The minimum Gasteiger partial charge on any atom is -0.490 e. The van der Waals surface area contributed by atoms with Crippen molar-refractivity contribution in [1.29, 1.82) is 0 Å². The first-order valence-electron chi connectivity index (χ1n) is 8.13. The van der Waals surface area contributed by atoms with Gasteiger partial charge >= 0.3 is 0 Å². The number of guanidine groups is 1. The van der Waals surface area contributed by atoms with E-state index in [1.54, 1.807) is 0 Å². The highest BCUT2D eigenvalue weighted by Gasteiger charge is 2.13. The minimum absolute atomic E-state index is 0.260. The standard InChI is InChI=1S/C18H19N3O4/c19-18(20-10-12-2-4-15-16(8-12)25-11-24-15)21-13-3-5-14-17(9-13)23-7-1-6-22-14/h2-5,8-9H,1,6-7,10-11H2,(H3,19,20,21). The summed E-state index contributed by atoms with van der Waals surface area (Å²) in [5.74, 6) is 3.28. The van der Waals surface area contributed by atoms with Crippen molar-refractivity contribution in [2.45, 2.75) is 13.0 Å². The van der Waals surface area contributed by atoms with Crippen LogP contribution in [-0.4, -0.2) is 26.0 Å². The van der Waals surface area contributed by atoms with Crippen molar-refractivity contribution in [2.24, 2.45) is 10.7 Å². The molecule has 0 radical (unpaired) electrons. The molecule has 2 aromatic rings. The number of rotatable bonds is 3. The molecule has 2 aliphatic rings.